The molecular formula is C15H14N2O. The van der Waals surface area contributed by atoms with Crippen LogP contribution in [0.4, 0.5) is 5.69 Å². The van der Waals surface area contributed by atoms with Gasteiger partial charge in [-0.05, 0) is 43.7 Å². The van der Waals surface area contributed by atoms with Gasteiger partial charge in [-0.1, -0.05) is 17.7 Å². The Balaban J connectivity index is 2.22. The molecule has 90 valence electrons. The molecule has 0 aliphatic rings. The van der Waals surface area contributed by atoms with Crippen LogP contribution in [0.1, 0.15) is 11.1 Å². The highest BCUT2D eigenvalue weighted by Crippen LogP contribution is 2.29. The molecule has 0 aliphatic heterocycles. The van der Waals surface area contributed by atoms with Gasteiger partial charge in [-0.15, -0.1) is 0 Å². The standard InChI is InChI=1S/C15H14N2O/c1-9-4-3-5-11(6-9)15-17-13-8-10(2)7-12(16)14(13)18-15/h3-8H,16H2,1-2H3. The van der Waals surface area contributed by atoms with Crippen molar-refractivity contribution in [1.82, 2.24) is 4.98 Å². The zero-order valence-electron chi connectivity index (χ0n) is 10.4. The molecule has 1 heterocycles. The Labute approximate surface area is 105 Å². The molecule has 0 spiro atoms. The predicted molar refractivity (Wildman–Crippen MR) is 73.3 cm³/mol. The summed E-state index contributed by atoms with van der Waals surface area (Å²) >= 11 is 0. The van der Waals surface area contributed by atoms with E-state index in [2.05, 4.69) is 4.98 Å². The minimum absolute atomic E-state index is 0.617. The Bertz CT molecular complexity index is 728. The van der Waals surface area contributed by atoms with Crippen LogP contribution in [0, 0.1) is 13.8 Å². The van der Waals surface area contributed by atoms with Crippen LogP contribution in [0.5, 0.6) is 0 Å². The highest BCUT2D eigenvalue weighted by Gasteiger charge is 2.10. The number of anilines is 1. The van der Waals surface area contributed by atoms with E-state index in [-0.39, 0.29) is 0 Å². The first-order chi connectivity index (χ1) is 8.63. The number of nitrogen functional groups attached to an aromatic ring is 1. The molecule has 3 nitrogen and oxygen atoms in total. The van der Waals surface area contributed by atoms with Gasteiger partial charge in [-0.2, -0.15) is 0 Å². The Hall–Kier alpha value is -2.29. The fourth-order valence-corrected chi connectivity index (χ4v) is 2.11. The summed E-state index contributed by atoms with van der Waals surface area (Å²) in [5.41, 5.74) is 11.3. The van der Waals surface area contributed by atoms with Crippen molar-refractivity contribution in [3.8, 4) is 11.5 Å². The van der Waals surface area contributed by atoms with E-state index in [4.69, 9.17) is 10.2 Å². The van der Waals surface area contributed by atoms with Crippen molar-refractivity contribution in [2.75, 3.05) is 5.73 Å². The summed E-state index contributed by atoms with van der Waals surface area (Å²) in [7, 11) is 0. The van der Waals surface area contributed by atoms with Crippen molar-refractivity contribution in [3.05, 3.63) is 47.5 Å². The number of fused-ring (bicyclic) bond motifs is 1. The Morgan fingerprint density at radius 3 is 2.67 bits per heavy atom. The first kappa shape index (κ1) is 10.8. The molecule has 0 bridgehead atoms. The fourth-order valence-electron chi connectivity index (χ4n) is 2.11. The minimum Gasteiger partial charge on any atom is -0.434 e. The zero-order chi connectivity index (χ0) is 12.7. The lowest BCUT2D eigenvalue weighted by Crippen LogP contribution is -1.86. The topological polar surface area (TPSA) is 52.0 Å². The average molecular weight is 238 g/mol. The van der Waals surface area contributed by atoms with Crippen LogP contribution in [0.3, 0.4) is 0 Å². The number of benzene rings is 2. The van der Waals surface area contributed by atoms with Crippen LogP contribution in [0.15, 0.2) is 40.8 Å². The summed E-state index contributed by atoms with van der Waals surface area (Å²) in [5, 5.41) is 0. The van der Waals surface area contributed by atoms with Crippen LogP contribution in [-0.4, -0.2) is 4.98 Å². The van der Waals surface area contributed by atoms with Crippen molar-refractivity contribution in [2.45, 2.75) is 13.8 Å². The molecule has 0 aliphatic carbocycles. The first-order valence-electron chi connectivity index (χ1n) is 5.87. The number of rotatable bonds is 1. The van der Waals surface area contributed by atoms with Crippen LogP contribution in [0.25, 0.3) is 22.6 Å². The SMILES string of the molecule is Cc1cccc(-c2nc3cc(C)cc(N)c3o2)c1. The third kappa shape index (κ3) is 1.74. The third-order valence-corrected chi connectivity index (χ3v) is 2.93. The van der Waals surface area contributed by atoms with E-state index in [1.165, 1.54) is 5.56 Å². The van der Waals surface area contributed by atoms with Gasteiger partial charge in [0.15, 0.2) is 5.58 Å². The molecule has 18 heavy (non-hydrogen) atoms. The molecule has 0 radical (unpaired) electrons. The van der Waals surface area contributed by atoms with Crippen molar-refractivity contribution in [1.29, 1.82) is 0 Å². The number of aryl methyl sites for hydroxylation is 2. The second-order valence-electron chi connectivity index (χ2n) is 4.59. The van der Waals surface area contributed by atoms with E-state index in [1.807, 2.05) is 50.2 Å². The molecule has 2 N–H and O–H groups in total. The van der Waals surface area contributed by atoms with Crippen molar-refractivity contribution < 1.29 is 4.42 Å². The number of oxazole rings is 1. The Morgan fingerprint density at radius 1 is 1.06 bits per heavy atom. The minimum atomic E-state index is 0.617. The highest BCUT2D eigenvalue weighted by molar-refractivity contribution is 5.87. The van der Waals surface area contributed by atoms with Gasteiger partial charge in [0, 0.05) is 5.56 Å². The lowest BCUT2D eigenvalue weighted by molar-refractivity contribution is 0.621. The normalized spacial score (nSPS) is 11.0. The van der Waals surface area contributed by atoms with Crippen LogP contribution < -0.4 is 5.73 Å². The summed E-state index contributed by atoms with van der Waals surface area (Å²) in [6, 6.07) is 12.0. The van der Waals surface area contributed by atoms with Crippen LogP contribution in [0.2, 0.25) is 0 Å². The van der Waals surface area contributed by atoms with Crippen LogP contribution in [-0.2, 0) is 0 Å². The Morgan fingerprint density at radius 2 is 1.89 bits per heavy atom. The predicted octanol–water partition coefficient (Wildman–Crippen LogP) is 3.69. The average Bonchev–Trinajstić information content (AvgIpc) is 2.73. The van der Waals surface area contributed by atoms with E-state index >= 15 is 0 Å². The number of hydrogen-bond donors (Lipinski definition) is 1. The van der Waals surface area contributed by atoms with E-state index in [0.29, 0.717) is 17.2 Å². The molecule has 0 atom stereocenters. The van der Waals surface area contributed by atoms with Crippen molar-refractivity contribution in [2.24, 2.45) is 0 Å². The van der Waals surface area contributed by atoms with E-state index < -0.39 is 0 Å². The molecule has 0 saturated carbocycles. The second kappa shape index (κ2) is 3.88. The maximum atomic E-state index is 5.94. The van der Waals surface area contributed by atoms with Gasteiger partial charge in [0.05, 0.1) is 5.69 Å². The number of nitrogens with two attached hydrogens (primary N) is 1. The first-order valence-corrected chi connectivity index (χ1v) is 5.87. The summed E-state index contributed by atoms with van der Waals surface area (Å²) in [5.74, 6) is 0.617. The molecule has 2 aromatic carbocycles. The molecular weight excluding hydrogens is 224 g/mol. The highest BCUT2D eigenvalue weighted by atomic mass is 16.3. The quantitative estimate of drug-likeness (QED) is 0.658. The van der Waals surface area contributed by atoms with Gasteiger partial charge in [-0.3, -0.25) is 0 Å². The van der Waals surface area contributed by atoms with Gasteiger partial charge in [-0.25, -0.2) is 4.98 Å². The monoisotopic (exact) mass is 238 g/mol. The van der Waals surface area contributed by atoms with Crippen molar-refractivity contribution in [3.63, 3.8) is 0 Å². The van der Waals surface area contributed by atoms with Gasteiger partial charge in [0.1, 0.15) is 5.52 Å². The van der Waals surface area contributed by atoms with Crippen molar-refractivity contribution >= 4 is 16.8 Å². The summed E-state index contributed by atoms with van der Waals surface area (Å²) in [4.78, 5) is 4.50. The largest absolute Gasteiger partial charge is 0.434 e. The molecule has 3 heteroatoms. The number of hydrogen-bond acceptors (Lipinski definition) is 3. The molecule has 0 unspecified atom stereocenters. The van der Waals surface area contributed by atoms with Gasteiger partial charge >= 0.3 is 0 Å². The maximum absolute atomic E-state index is 5.94. The van der Waals surface area contributed by atoms with E-state index in [0.717, 1.165) is 16.6 Å². The molecule has 3 aromatic rings. The van der Waals surface area contributed by atoms with E-state index in [9.17, 15) is 0 Å². The van der Waals surface area contributed by atoms with Crippen LogP contribution >= 0.6 is 0 Å². The van der Waals surface area contributed by atoms with Gasteiger partial charge in [0.25, 0.3) is 0 Å². The summed E-state index contributed by atoms with van der Waals surface area (Å²) in [6.45, 7) is 4.04. The second-order valence-corrected chi connectivity index (χ2v) is 4.59. The third-order valence-electron chi connectivity index (χ3n) is 2.93. The number of nitrogens with zero attached hydrogens (tertiary/aromatic N) is 1. The molecule has 1 aromatic heterocycles. The molecule has 3 rings (SSSR count). The lowest BCUT2D eigenvalue weighted by Gasteiger charge is -1.96. The summed E-state index contributed by atoms with van der Waals surface area (Å²) < 4.78 is 5.76. The smallest absolute Gasteiger partial charge is 0.227 e. The number of aromatic nitrogens is 1. The molecule has 0 saturated heterocycles. The maximum Gasteiger partial charge on any atom is 0.227 e. The van der Waals surface area contributed by atoms with Gasteiger partial charge in [0.2, 0.25) is 5.89 Å². The summed E-state index contributed by atoms with van der Waals surface area (Å²) in [6.07, 6.45) is 0. The Kier molecular flexibility index (Phi) is 2.33. The fraction of sp³-hybridized carbons (Fsp3) is 0.133. The van der Waals surface area contributed by atoms with Gasteiger partial charge < -0.3 is 10.2 Å². The molecule has 0 fully saturated rings. The zero-order valence-corrected chi connectivity index (χ0v) is 10.4. The van der Waals surface area contributed by atoms with E-state index in [1.54, 1.807) is 0 Å². The lowest BCUT2D eigenvalue weighted by atomic mass is 10.1. The molecule has 0 amide bonds.